The molecule has 17 heavy (non-hydrogen) atoms. The number of carbonyl (C=O) groups is 1. The van der Waals surface area contributed by atoms with Gasteiger partial charge in [0.25, 0.3) is 5.91 Å². The standard InChI is InChI=1S/C12H10ClN3O/c1-8-2-4-9(5-3-8)12(17)16-11-7-14-6-10(13)15-11/h2-7H,1H3,(H,15,16,17). The van der Waals surface area contributed by atoms with Crippen molar-refractivity contribution < 1.29 is 4.79 Å². The van der Waals surface area contributed by atoms with Crippen LogP contribution in [0.4, 0.5) is 5.82 Å². The molecule has 0 radical (unpaired) electrons. The Morgan fingerprint density at radius 2 is 1.94 bits per heavy atom. The molecule has 1 heterocycles. The fourth-order valence-corrected chi connectivity index (χ4v) is 1.44. The Balaban J connectivity index is 2.14. The molecular weight excluding hydrogens is 238 g/mol. The number of hydrogen-bond donors (Lipinski definition) is 1. The molecule has 0 aliphatic carbocycles. The zero-order chi connectivity index (χ0) is 12.3. The number of hydrogen-bond acceptors (Lipinski definition) is 3. The first-order chi connectivity index (χ1) is 8.15. The van der Waals surface area contributed by atoms with Gasteiger partial charge in [0.05, 0.1) is 12.4 Å². The summed E-state index contributed by atoms with van der Waals surface area (Å²) >= 11 is 5.67. The van der Waals surface area contributed by atoms with Gasteiger partial charge >= 0.3 is 0 Å². The second kappa shape index (κ2) is 4.93. The SMILES string of the molecule is Cc1ccc(C(=O)Nc2cncc(Cl)n2)cc1. The fraction of sp³-hybridized carbons (Fsp3) is 0.0833. The molecule has 86 valence electrons. The van der Waals surface area contributed by atoms with Crippen LogP contribution < -0.4 is 5.32 Å². The van der Waals surface area contributed by atoms with Gasteiger partial charge in [-0.3, -0.25) is 9.78 Å². The van der Waals surface area contributed by atoms with Crippen LogP contribution in [-0.2, 0) is 0 Å². The summed E-state index contributed by atoms with van der Waals surface area (Å²) in [7, 11) is 0. The Morgan fingerprint density at radius 1 is 1.24 bits per heavy atom. The van der Waals surface area contributed by atoms with Gasteiger partial charge in [-0.15, -0.1) is 0 Å². The van der Waals surface area contributed by atoms with E-state index in [-0.39, 0.29) is 11.1 Å². The molecule has 0 unspecified atom stereocenters. The molecule has 1 N–H and O–H groups in total. The largest absolute Gasteiger partial charge is 0.305 e. The van der Waals surface area contributed by atoms with Crippen LogP contribution in [0.2, 0.25) is 5.15 Å². The monoisotopic (exact) mass is 247 g/mol. The highest BCUT2D eigenvalue weighted by Crippen LogP contribution is 2.09. The maximum Gasteiger partial charge on any atom is 0.256 e. The lowest BCUT2D eigenvalue weighted by atomic mass is 10.1. The minimum atomic E-state index is -0.235. The van der Waals surface area contributed by atoms with Gasteiger partial charge in [-0.1, -0.05) is 29.3 Å². The normalized spacial score (nSPS) is 10.0. The van der Waals surface area contributed by atoms with Crippen molar-refractivity contribution in [3.8, 4) is 0 Å². The molecule has 5 heteroatoms. The second-order valence-corrected chi connectivity index (χ2v) is 3.93. The van der Waals surface area contributed by atoms with Crippen molar-refractivity contribution in [1.82, 2.24) is 9.97 Å². The lowest BCUT2D eigenvalue weighted by Crippen LogP contribution is -2.13. The summed E-state index contributed by atoms with van der Waals surface area (Å²) in [5.41, 5.74) is 1.67. The number of anilines is 1. The molecule has 2 aromatic rings. The van der Waals surface area contributed by atoms with Crippen molar-refractivity contribution in [2.24, 2.45) is 0 Å². The number of nitrogens with one attached hydrogen (secondary N) is 1. The van der Waals surface area contributed by atoms with E-state index in [2.05, 4.69) is 15.3 Å². The lowest BCUT2D eigenvalue weighted by molar-refractivity contribution is 0.102. The summed E-state index contributed by atoms with van der Waals surface area (Å²) < 4.78 is 0. The highest BCUT2D eigenvalue weighted by Gasteiger charge is 2.06. The predicted molar refractivity (Wildman–Crippen MR) is 66.2 cm³/mol. The summed E-state index contributed by atoms with van der Waals surface area (Å²) in [6.45, 7) is 1.96. The predicted octanol–water partition coefficient (Wildman–Crippen LogP) is 2.69. The molecule has 0 saturated carbocycles. The molecule has 1 amide bonds. The first kappa shape index (κ1) is 11.5. The van der Waals surface area contributed by atoms with Gasteiger partial charge in [0.1, 0.15) is 5.15 Å². The van der Waals surface area contributed by atoms with Crippen LogP contribution in [0.3, 0.4) is 0 Å². The molecule has 1 aromatic carbocycles. The Hall–Kier alpha value is -1.94. The van der Waals surface area contributed by atoms with E-state index < -0.39 is 0 Å². The van der Waals surface area contributed by atoms with Crippen molar-refractivity contribution >= 4 is 23.3 Å². The van der Waals surface area contributed by atoms with Gasteiger partial charge in [0.2, 0.25) is 0 Å². The number of benzene rings is 1. The average molecular weight is 248 g/mol. The Morgan fingerprint density at radius 3 is 2.59 bits per heavy atom. The molecule has 0 fully saturated rings. The third-order valence-corrected chi connectivity index (χ3v) is 2.34. The van der Waals surface area contributed by atoms with Gasteiger partial charge in [-0.25, -0.2) is 4.98 Å². The highest BCUT2D eigenvalue weighted by molar-refractivity contribution is 6.29. The smallest absolute Gasteiger partial charge is 0.256 e. The van der Waals surface area contributed by atoms with E-state index in [1.165, 1.54) is 12.4 Å². The molecule has 0 aliphatic heterocycles. The van der Waals surface area contributed by atoms with E-state index in [1.54, 1.807) is 12.1 Å². The van der Waals surface area contributed by atoms with E-state index in [9.17, 15) is 4.79 Å². The van der Waals surface area contributed by atoms with Crippen molar-refractivity contribution in [3.05, 3.63) is 52.9 Å². The highest BCUT2D eigenvalue weighted by atomic mass is 35.5. The molecule has 1 aromatic heterocycles. The summed E-state index contributed by atoms with van der Waals surface area (Å²) in [5, 5.41) is 2.86. The van der Waals surface area contributed by atoms with Crippen LogP contribution in [0.25, 0.3) is 0 Å². The van der Waals surface area contributed by atoms with Crippen LogP contribution in [0.5, 0.6) is 0 Å². The van der Waals surface area contributed by atoms with Crippen molar-refractivity contribution in [2.75, 3.05) is 5.32 Å². The summed E-state index contributed by atoms with van der Waals surface area (Å²) in [6, 6.07) is 7.25. The zero-order valence-electron chi connectivity index (χ0n) is 9.14. The Labute approximate surface area is 104 Å². The summed E-state index contributed by atoms with van der Waals surface area (Å²) in [5.74, 6) is 0.102. The molecule has 0 saturated heterocycles. The third kappa shape index (κ3) is 3.01. The number of carbonyl (C=O) groups excluding carboxylic acids is 1. The van der Waals surface area contributed by atoms with Gasteiger partial charge in [-0.2, -0.15) is 0 Å². The molecule has 0 atom stereocenters. The van der Waals surface area contributed by atoms with Crippen molar-refractivity contribution in [3.63, 3.8) is 0 Å². The van der Waals surface area contributed by atoms with Crippen LogP contribution in [0.1, 0.15) is 15.9 Å². The third-order valence-electron chi connectivity index (χ3n) is 2.16. The Bertz CT molecular complexity index is 540. The molecule has 0 spiro atoms. The molecule has 2 rings (SSSR count). The number of aromatic nitrogens is 2. The molecular formula is C12H10ClN3O. The molecule has 4 nitrogen and oxygen atoms in total. The molecule has 0 aliphatic rings. The first-order valence-corrected chi connectivity index (χ1v) is 5.38. The number of aryl methyl sites for hydroxylation is 1. The zero-order valence-corrected chi connectivity index (χ0v) is 9.90. The van der Waals surface area contributed by atoms with Gasteiger partial charge in [-0.05, 0) is 19.1 Å². The number of amides is 1. The topological polar surface area (TPSA) is 54.9 Å². The first-order valence-electron chi connectivity index (χ1n) is 5.01. The van der Waals surface area contributed by atoms with E-state index in [4.69, 9.17) is 11.6 Å². The second-order valence-electron chi connectivity index (χ2n) is 3.55. The van der Waals surface area contributed by atoms with Crippen LogP contribution in [0, 0.1) is 6.92 Å². The number of rotatable bonds is 2. The van der Waals surface area contributed by atoms with Gasteiger partial charge < -0.3 is 5.32 Å². The fourth-order valence-electron chi connectivity index (χ4n) is 1.30. The Kier molecular flexibility index (Phi) is 3.35. The van der Waals surface area contributed by atoms with E-state index in [0.29, 0.717) is 11.4 Å². The van der Waals surface area contributed by atoms with Crippen molar-refractivity contribution in [2.45, 2.75) is 6.92 Å². The average Bonchev–Trinajstić information content (AvgIpc) is 2.29. The summed E-state index contributed by atoms with van der Waals surface area (Å²) in [6.07, 6.45) is 2.85. The number of nitrogens with zero attached hydrogens (tertiary/aromatic N) is 2. The summed E-state index contributed by atoms with van der Waals surface area (Å²) in [4.78, 5) is 19.6. The van der Waals surface area contributed by atoms with Gasteiger partial charge in [0.15, 0.2) is 5.82 Å². The molecule has 0 bridgehead atoms. The number of halogens is 1. The van der Waals surface area contributed by atoms with Crippen molar-refractivity contribution in [1.29, 1.82) is 0 Å². The lowest BCUT2D eigenvalue weighted by Gasteiger charge is -2.04. The van der Waals surface area contributed by atoms with Crippen LogP contribution in [0.15, 0.2) is 36.7 Å². The minimum absolute atomic E-state index is 0.235. The van der Waals surface area contributed by atoms with E-state index in [0.717, 1.165) is 5.56 Å². The van der Waals surface area contributed by atoms with Gasteiger partial charge in [0, 0.05) is 5.56 Å². The quantitative estimate of drug-likeness (QED) is 0.888. The maximum absolute atomic E-state index is 11.8. The maximum atomic E-state index is 11.8. The van der Waals surface area contributed by atoms with E-state index >= 15 is 0 Å². The minimum Gasteiger partial charge on any atom is -0.305 e. The van der Waals surface area contributed by atoms with E-state index in [1.807, 2.05) is 19.1 Å². The van der Waals surface area contributed by atoms with Crippen LogP contribution in [-0.4, -0.2) is 15.9 Å². The van der Waals surface area contributed by atoms with Crippen LogP contribution >= 0.6 is 11.6 Å².